The first kappa shape index (κ1) is 15.2. The Hall–Kier alpha value is -2.19. The lowest BCUT2D eigenvalue weighted by atomic mass is 10.1. The molecule has 1 aromatic rings. The fourth-order valence-corrected chi connectivity index (χ4v) is 2.59. The monoisotopic (exact) mass is 293 g/mol. The number of amides is 1. The molecule has 1 amide bonds. The van der Waals surface area contributed by atoms with Gasteiger partial charge in [0.2, 0.25) is 5.91 Å². The fourth-order valence-electron chi connectivity index (χ4n) is 2.59. The molecule has 21 heavy (non-hydrogen) atoms. The second-order valence-corrected chi connectivity index (χ2v) is 5.17. The van der Waals surface area contributed by atoms with E-state index in [2.05, 4.69) is 15.6 Å². The van der Waals surface area contributed by atoms with Crippen LogP contribution in [0.15, 0.2) is 18.2 Å². The summed E-state index contributed by atoms with van der Waals surface area (Å²) in [5, 5.41) is 13.9. The van der Waals surface area contributed by atoms with Gasteiger partial charge in [0.1, 0.15) is 5.69 Å². The van der Waals surface area contributed by atoms with E-state index in [0.29, 0.717) is 12.2 Å². The molecule has 114 valence electrons. The first-order chi connectivity index (χ1) is 9.99. The molecule has 1 unspecified atom stereocenters. The third-order valence-electron chi connectivity index (χ3n) is 3.50. The van der Waals surface area contributed by atoms with Crippen molar-refractivity contribution < 1.29 is 9.72 Å². The number of rotatable bonds is 5. The summed E-state index contributed by atoms with van der Waals surface area (Å²) in [6, 6.07) is 5.10. The van der Waals surface area contributed by atoms with Crippen LogP contribution in [-0.2, 0) is 11.3 Å². The normalized spacial score (nSPS) is 18.5. The Balaban J connectivity index is 2.02. The SMILES string of the molecule is CC(=O)NC1CCN(Cc2ccc(NN)c([N+](=O)[O-])c2)C1. The van der Waals surface area contributed by atoms with Crippen molar-refractivity contribution in [1.82, 2.24) is 10.2 Å². The van der Waals surface area contributed by atoms with Gasteiger partial charge in [-0.25, -0.2) is 0 Å². The van der Waals surface area contributed by atoms with E-state index in [4.69, 9.17) is 5.84 Å². The molecule has 2 rings (SSSR count). The minimum Gasteiger partial charge on any atom is -0.352 e. The van der Waals surface area contributed by atoms with E-state index in [9.17, 15) is 14.9 Å². The van der Waals surface area contributed by atoms with Gasteiger partial charge in [0.15, 0.2) is 0 Å². The minimum atomic E-state index is -0.456. The summed E-state index contributed by atoms with van der Waals surface area (Å²) < 4.78 is 0. The van der Waals surface area contributed by atoms with Crippen molar-refractivity contribution in [2.45, 2.75) is 25.9 Å². The molecule has 0 aromatic heterocycles. The molecule has 1 aliphatic rings. The van der Waals surface area contributed by atoms with Crippen LogP contribution in [0.2, 0.25) is 0 Å². The summed E-state index contributed by atoms with van der Waals surface area (Å²) in [5.41, 5.74) is 3.43. The molecule has 0 aliphatic carbocycles. The highest BCUT2D eigenvalue weighted by atomic mass is 16.6. The Morgan fingerprint density at radius 3 is 2.95 bits per heavy atom. The number of benzene rings is 1. The van der Waals surface area contributed by atoms with E-state index in [1.165, 1.54) is 13.0 Å². The Labute approximate surface area is 122 Å². The second-order valence-electron chi connectivity index (χ2n) is 5.17. The molecule has 4 N–H and O–H groups in total. The topological polar surface area (TPSA) is 114 Å². The van der Waals surface area contributed by atoms with Crippen LogP contribution in [0.1, 0.15) is 18.9 Å². The zero-order valence-corrected chi connectivity index (χ0v) is 11.8. The van der Waals surface area contributed by atoms with E-state index < -0.39 is 4.92 Å². The molecule has 1 aromatic carbocycles. The van der Waals surface area contributed by atoms with E-state index in [1.54, 1.807) is 6.07 Å². The van der Waals surface area contributed by atoms with Gasteiger partial charge in [-0.05, 0) is 18.1 Å². The third kappa shape index (κ3) is 3.89. The summed E-state index contributed by atoms with van der Waals surface area (Å²) >= 11 is 0. The van der Waals surface area contributed by atoms with Crippen molar-refractivity contribution >= 4 is 17.3 Å². The Bertz CT molecular complexity index is 549. The molecule has 1 heterocycles. The highest BCUT2D eigenvalue weighted by molar-refractivity contribution is 5.73. The lowest BCUT2D eigenvalue weighted by Gasteiger charge is -2.16. The summed E-state index contributed by atoms with van der Waals surface area (Å²) in [6.07, 6.45) is 0.893. The summed E-state index contributed by atoms with van der Waals surface area (Å²) in [7, 11) is 0. The predicted octanol–water partition coefficient (Wildman–Crippen LogP) is 0.591. The van der Waals surface area contributed by atoms with E-state index in [0.717, 1.165) is 25.1 Å². The molecule has 0 saturated carbocycles. The number of anilines is 1. The van der Waals surface area contributed by atoms with Crippen molar-refractivity contribution in [3.63, 3.8) is 0 Å². The number of nitrogens with zero attached hydrogens (tertiary/aromatic N) is 2. The fraction of sp³-hybridized carbons (Fsp3) is 0.462. The van der Waals surface area contributed by atoms with Gasteiger partial charge in [-0.2, -0.15) is 0 Å². The molecule has 0 radical (unpaired) electrons. The highest BCUT2D eigenvalue weighted by Crippen LogP contribution is 2.25. The van der Waals surface area contributed by atoms with Crippen LogP contribution in [0.25, 0.3) is 0 Å². The predicted molar refractivity (Wildman–Crippen MR) is 78.4 cm³/mol. The maximum atomic E-state index is 11.0. The maximum Gasteiger partial charge on any atom is 0.293 e. The van der Waals surface area contributed by atoms with Crippen molar-refractivity contribution in [2.75, 3.05) is 18.5 Å². The standard InChI is InChI=1S/C13H19N5O3/c1-9(19)15-11-4-5-17(8-11)7-10-2-3-12(16-14)13(6-10)18(20)21/h2-3,6,11,16H,4-5,7-8,14H2,1H3,(H,15,19). The van der Waals surface area contributed by atoms with Crippen molar-refractivity contribution in [1.29, 1.82) is 0 Å². The Morgan fingerprint density at radius 2 is 2.33 bits per heavy atom. The number of hydrogen-bond acceptors (Lipinski definition) is 6. The number of hydrazine groups is 1. The summed E-state index contributed by atoms with van der Waals surface area (Å²) in [6.45, 7) is 3.73. The number of carbonyl (C=O) groups is 1. The highest BCUT2D eigenvalue weighted by Gasteiger charge is 2.23. The van der Waals surface area contributed by atoms with Crippen LogP contribution in [0, 0.1) is 10.1 Å². The molecule has 0 bridgehead atoms. The van der Waals surface area contributed by atoms with Gasteiger partial charge in [0, 0.05) is 38.7 Å². The van der Waals surface area contributed by atoms with Gasteiger partial charge in [-0.3, -0.25) is 25.7 Å². The van der Waals surface area contributed by atoms with Crippen LogP contribution < -0.4 is 16.6 Å². The van der Waals surface area contributed by atoms with Crippen molar-refractivity contribution in [3.05, 3.63) is 33.9 Å². The van der Waals surface area contributed by atoms with Crippen LogP contribution in [0.3, 0.4) is 0 Å². The molecular formula is C13H19N5O3. The van der Waals surface area contributed by atoms with Gasteiger partial charge in [-0.1, -0.05) is 6.07 Å². The number of nitrogens with one attached hydrogen (secondary N) is 2. The van der Waals surface area contributed by atoms with Gasteiger partial charge in [0.05, 0.1) is 4.92 Å². The molecular weight excluding hydrogens is 274 g/mol. The number of nitro benzene ring substituents is 1. The summed E-state index contributed by atoms with van der Waals surface area (Å²) in [5.74, 6) is 5.23. The van der Waals surface area contributed by atoms with Gasteiger partial charge >= 0.3 is 0 Å². The third-order valence-corrected chi connectivity index (χ3v) is 3.50. The molecule has 1 saturated heterocycles. The van der Waals surface area contributed by atoms with E-state index >= 15 is 0 Å². The first-order valence-corrected chi connectivity index (χ1v) is 6.73. The quantitative estimate of drug-likeness (QED) is 0.416. The summed E-state index contributed by atoms with van der Waals surface area (Å²) in [4.78, 5) is 23.7. The Morgan fingerprint density at radius 1 is 1.57 bits per heavy atom. The zero-order valence-electron chi connectivity index (χ0n) is 11.8. The van der Waals surface area contributed by atoms with Crippen LogP contribution in [0.5, 0.6) is 0 Å². The molecule has 0 spiro atoms. The molecule has 1 aliphatic heterocycles. The number of nitro groups is 1. The lowest BCUT2D eigenvalue weighted by molar-refractivity contribution is -0.384. The second kappa shape index (κ2) is 6.51. The Kier molecular flexibility index (Phi) is 4.71. The van der Waals surface area contributed by atoms with Crippen LogP contribution in [-0.4, -0.2) is 34.9 Å². The van der Waals surface area contributed by atoms with Gasteiger partial charge < -0.3 is 10.7 Å². The largest absolute Gasteiger partial charge is 0.352 e. The number of carbonyl (C=O) groups excluding carboxylic acids is 1. The molecule has 1 fully saturated rings. The maximum absolute atomic E-state index is 11.0. The van der Waals surface area contributed by atoms with Gasteiger partial charge in [0.25, 0.3) is 5.69 Å². The number of likely N-dealkylation sites (tertiary alicyclic amines) is 1. The first-order valence-electron chi connectivity index (χ1n) is 6.73. The van der Waals surface area contributed by atoms with Gasteiger partial charge in [-0.15, -0.1) is 0 Å². The number of nitrogens with two attached hydrogens (primary N) is 1. The van der Waals surface area contributed by atoms with E-state index in [1.807, 2.05) is 6.07 Å². The number of nitrogen functional groups attached to an aromatic ring is 1. The van der Waals surface area contributed by atoms with E-state index in [-0.39, 0.29) is 17.6 Å². The molecule has 1 atom stereocenters. The van der Waals surface area contributed by atoms with Crippen LogP contribution in [0.4, 0.5) is 11.4 Å². The van der Waals surface area contributed by atoms with Crippen molar-refractivity contribution in [2.24, 2.45) is 5.84 Å². The van der Waals surface area contributed by atoms with Crippen molar-refractivity contribution in [3.8, 4) is 0 Å². The molecule has 8 heteroatoms. The average molecular weight is 293 g/mol. The zero-order chi connectivity index (χ0) is 15.4. The van der Waals surface area contributed by atoms with Crippen LogP contribution >= 0.6 is 0 Å². The molecule has 8 nitrogen and oxygen atoms in total. The lowest BCUT2D eigenvalue weighted by Crippen LogP contribution is -2.35. The average Bonchev–Trinajstić information content (AvgIpc) is 2.85. The number of hydrogen-bond donors (Lipinski definition) is 3. The minimum absolute atomic E-state index is 0.0316. The smallest absolute Gasteiger partial charge is 0.293 e.